The van der Waals surface area contributed by atoms with Gasteiger partial charge in [-0.2, -0.15) is 0 Å². The van der Waals surface area contributed by atoms with Crippen molar-refractivity contribution < 1.29 is 4.79 Å². The van der Waals surface area contributed by atoms with Crippen molar-refractivity contribution in [2.24, 2.45) is 5.73 Å². The zero-order chi connectivity index (χ0) is 10.0. The van der Waals surface area contributed by atoms with Gasteiger partial charge in [0.15, 0.2) is 5.78 Å². The minimum absolute atomic E-state index is 0.00287. The lowest BCUT2D eigenvalue weighted by molar-refractivity contribution is 0.0968. The number of aryl methyl sites for hydroxylation is 2. The summed E-state index contributed by atoms with van der Waals surface area (Å²) in [5.74, 6) is 0.00287. The van der Waals surface area contributed by atoms with Gasteiger partial charge in [-0.3, -0.25) is 4.79 Å². The molecule has 70 valence electrons. The largest absolute Gasteiger partial charge is 0.321 e. The van der Waals surface area contributed by atoms with E-state index in [1.54, 1.807) is 6.92 Å². The van der Waals surface area contributed by atoms with Gasteiger partial charge in [-0.25, -0.2) is 0 Å². The molecule has 0 aliphatic rings. The Balaban J connectivity index is 3.04. The SMILES string of the molecule is Cc1ccc(C(=O)[C@H](C)N)cc1C. The lowest BCUT2D eigenvalue weighted by Crippen LogP contribution is -2.26. The molecule has 0 saturated heterocycles. The van der Waals surface area contributed by atoms with Crippen LogP contribution in [-0.4, -0.2) is 11.8 Å². The molecule has 0 spiro atoms. The van der Waals surface area contributed by atoms with Crippen LogP contribution in [0.5, 0.6) is 0 Å². The minimum atomic E-state index is -0.415. The van der Waals surface area contributed by atoms with Crippen LogP contribution >= 0.6 is 0 Å². The van der Waals surface area contributed by atoms with Crippen molar-refractivity contribution >= 4 is 5.78 Å². The number of ketones is 1. The van der Waals surface area contributed by atoms with Gasteiger partial charge in [0.2, 0.25) is 0 Å². The van der Waals surface area contributed by atoms with Gasteiger partial charge in [-0.05, 0) is 38.0 Å². The Hall–Kier alpha value is -1.15. The second-order valence-electron chi connectivity index (χ2n) is 3.45. The number of hydrogen-bond donors (Lipinski definition) is 1. The Morgan fingerprint density at radius 2 is 1.92 bits per heavy atom. The quantitative estimate of drug-likeness (QED) is 0.700. The van der Waals surface area contributed by atoms with Gasteiger partial charge in [0, 0.05) is 5.56 Å². The summed E-state index contributed by atoms with van der Waals surface area (Å²) >= 11 is 0. The van der Waals surface area contributed by atoms with Crippen molar-refractivity contribution in [3.63, 3.8) is 0 Å². The van der Waals surface area contributed by atoms with Gasteiger partial charge in [0.1, 0.15) is 0 Å². The maximum Gasteiger partial charge on any atom is 0.179 e. The number of rotatable bonds is 2. The maximum absolute atomic E-state index is 11.5. The Kier molecular flexibility index (Phi) is 2.83. The number of Topliss-reactive ketones (excluding diaryl/α,β-unsaturated/α-hetero) is 1. The molecule has 2 heteroatoms. The third-order valence-electron chi connectivity index (χ3n) is 2.20. The number of hydrogen-bond acceptors (Lipinski definition) is 2. The lowest BCUT2D eigenvalue weighted by Gasteiger charge is -2.06. The van der Waals surface area contributed by atoms with Gasteiger partial charge in [0.05, 0.1) is 6.04 Å². The highest BCUT2D eigenvalue weighted by Gasteiger charge is 2.10. The van der Waals surface area contributed by atoms with E-state index in [1.165, 1.54) is 5.56 Å². The highest BCUT2D eigenvalue weighted by molar-refractivity contribution is 5.99. The average Bonchev–Trinajstić information content (AvgIpc) is 2.08. The summed E-state index contributed by atoms with van der Waals surface area (Å²) in [4.78, 5) is 11.5. The molecule has 2 nitrogen and oxygen atoms in total. The van der Waals surface area contributed by atoms with E-state index < -0.39 is 6.04 Å². The smallest absolute Gasteiger partial charge is 0.179 e. The number of carbonyl (C=O) groups is 1. The third-order valence-corrected chi connectivity index (χ3v) is 2.20. The van der Waals surface area contributed by atoms with Crippen LogP contribution in [0.25, 0.3) is 0 Å². The van der Waals surface area contributed by atoms with Crippen LogP contribution in [0.4, 0.5) is 0 Å². The van der Waals surface area contributed by atoms with Crippen LogP contribution < -0.4 is 5.73 Å². The molecule has 0 heterocycles. The molecule has 0 fully saturated rings. The standard InChI is InChI=1S/C11H15NO/c1-7-4-5-10(6-8(7)2)11(13)9(3)12/h4-6,9H,12H2,1-3H3/t9-/m0/s1. The van der Waals surface area contributed by atoms with Gasteiger partial charge >= 0.3 is 0 Å². The summed E-state index contributed by atoms with van der Waals surface area (Å²) in [6.45, 7) is 5.72. The summed E-state index contributed by atoms with van der Waals surface area (Å²) in [5, 5.41) is 0. The maximum atomic E-state index is 11.5. The molecule has 0 aliphatic carbocycles. The Bertz CT molecular complexity index is 329. The van der Waals surface area contributed by atoms with Crippen molar-refractivity contribution in [2.75, 3.05) is 0 Å². The van der Waals surface area contributed by atoms with Crippen molar-refractivity contribution in [1.82, 2.24) is 0 Å². The number of nitrogens with two attached hydrogens (primary N) is 1. The molecule has 0 unspecified atom stereocenters. The zero-order valence-electron chi connectivity index (χ0n) is 8.29. The zero-order valence-corrected chi connectivity index (χ0v) is 8.29. The van der Waals surface area contributed by atoms with E-state index in [1.807, 2.05) is 32.0 Å². The molecule has 0 aromatic heterocycles. The van der Waals surface area contributed by atoms with Crippen LogP contribution in [0, 0.1) is 13.8 Å². The van der Waals surface area contributed by atoms with E-state index in [2.05, 4.69) is 0 Å². The van der Waals surface area contributed by atoms with E-state index in [-0.39, 0.29) is 5.78 Å². The molecular weight excluding hydrogens is 162 g/mol. The molecule has 0 aliphatic heterocycles. The van der Waals surface area contributed by atoms with Gasteiger partial charge in [-0.15, -0.1) is 0 Å². The predicted molar refractivity (Wildman–Crippen MR) is 53.9 cm³/mol. The van der Waals surface area contributed by atoms with E-state index in [4.69, 9.17) is 5.73 Å². The summed E-state index contributed by atoms with van der Waals surface area (Å²) in [7, 11) is 0. The first-order valence-corrected chi connectivity index (χ1v) is 4.39. The fraction of sp³-hybridized carbons (Fsp3) is 0.364. The summed E-state index contributed by atoms with van der Waals surface area (Å²) in [5.41, 5.74) is 8.54. The van der Waals surface area contributed by atoms with Gasteiger partial charge in [-0.1, -0.05) is 12.1 Å². The molecule has 0 saturated carbocycles. The van der Waals surface area contributed by atoms with Crippen LogP contribution in [-0.2, 0) is 0 Å². The molecule has 2 N–H and O–H groups in total. The second-order valence-corrected chi connectivity index (χ2v) is 3.45. The van der Waals surface area contributed by atoms with Crippen molar-refractivity contribution in [2.45, 2.75) is 26.8 Å². The normalized spacial score (nSPS) is 12.6. The average molecular weight is 177 g/mol. The van der Waals surface area contributed by atoms with E-state index in [0.29, 0.717) is 5.56 Å². The van der Waals surface area contributed by atoms with Crippen LogP contribution in [0.15, 0.2) is 18.2 Å². The van der Waals surface area contributed by atoms with E-state index in [0.717, 1.165) is 5.56 Å². The Labute approximate surface area is 78.8 Å². The topological polar surface area (TPSA) is 43.1 Å². The molecule has 1 aromatic carbocycles. The molecule has 1 rings (SSSR count). The molecule has 1 atom stereocenters. The van der Waals surface area contributed by atoms with Crippen molar-refractivity contribution in [3.05, 3.63) is 34.9 Å². The van der Waals surface area contributed by atoms with E-state index in [9.17, 15) is 4.79 Å². The van der Waals surface area contributed by atoms with Crippen LogP contribution in [0.1, 0.15) is 28.4 Å². The summed E-state index contributed by atoms with van der Waals surface area (Å²) in [6.07, 6.45) is 0. The Morgan fingerprint density at radius 1 is 1.31 bits per heavy atom. The first-order valence-electron chi connectivity index (χ1n) is 4.39. The van der Waals surface area contributed by atoms with E-state index >= 15 is 0 Å². The molecule has 0 amide bonds. The monoisotopic (exact) mass is 177 g/mol. The fourth-order valence-electron chi connectivity index (χ4n) is 1.16. The predicted octanol–water partition coefficient (Wildman–Crippen LogP) is 1.83. The highest BCUT2D eigenvalue weighted by Crippen LogP contribution is 2.10. The summed E-state index contributed by atoms with van der Waals surface area (Å²) in [6, 6.07) is 5.25. The lowest BCUT2D eigenvalue weighted by atomic mass is 10.0. The minimum Gasteiger partial charge on any atom is -0.321 e. The van der Waals surface area contributed by atoms with Crippen LogP contribution in [0.3, 0.4) is 0 Å². The molecular formula is C11H15NO. The van der Waals surface area contributed by atoms with Gasteiger partial charge in [0.25, 0.3) is 0 Å². The third kappa shape index (κ3) is 2.16. The highest BCUT2D eigenvalue weighted by atomic mass is 16.1. The first-order chi connectivity index (χ1) is 6.02. The first kappa shape index (κ1) is 9.93. The number of benzene rings is 1. The molecule has 0 bridgehead atoms. The van der Waals surface area contributed by atoms with Crippen LogP contribution in [0.2, 0.25) is 0 Å². The fourth-order valence-corrected chi connectivity index (χ4v) is 1.16. The van der Waals surface area contributed by atoms with Crippen molar-refractivity contribution in [1.29, 1.82) is 0 Å². The molecule has 0 radical (unpaired) electrons. The molecule has 13 heavy (non-hydrogen) atoms. The summed E-state index contributed by atoms with van der Waals surface area (Å²) < 4.78 is 0. The molecule has 1 aromatic rings. The number of carbonyl (C=O) groups excluding carboxylic acids is 1. The van der Waals surface area contributed by atoms with Gasteiger partial charge < -0.3 is 5.73 Å². The Morgan fingerprint density at radius 3 is 2.38 bits per heavy atom. The van der Waals surface area contributed by atoms with Crippen molar-refractivity contribution in [3.8, 4) is 0 Å². The second kappa shape index (κ2) is 3.71.